The van der Waals surface area contributed by atoms with Crippen molar-refractivity contribution >= 4 is 38.7 Å². The summed E-state index contributed by atoms with van der Waals surface area (Å²) < 4.78 is 11.1. The first-order chi connectivity index (χ1) is 16.0. The number of aromatic nitrogens is 1. The molecule has 2 aromatic carbocycles. The Hall–Kier alpha value is -3.80. The molecule has 0 aliphatic heterocycles. The SMILES string of the molecule is Cc1coc2cc3oc(=O)c(CC(=O)N[C@H]4CCCc5c4[nH]c4ccccc54)c(C)c3cc12. The summed E-state index contributed by atoms with van der Waals surface area (Å²) in [5.41, 5.74) is 6.31. The van der Waals surface area contributed by atoms with Gasteiger partial charge in [0.25, 0.3) is 0 Å². The molecule has 6 heteroatoms. The highest BCUT2D eigenvalue weighted by Crippen LogP contribution is 2.35. The van der Waals surface area contributed by atoms with E-state index >= 15 is 0 Å². The van der Waals surface area contributed by atoms with Gasteiger partial charge >= 0.3 is 5.63 Å². The lowest BCUT2D eigenvalue weighted by molar-refractivity contribution is -0.121. The van der Waals surface area contributed by atoms with Crippen molar-refractivity contribution in [3.63, 3.8) is 0 Å². The summed E-state index contributed by atoms with van der Waals surface area (Å²) in [5.74, 6) is -0.179. The van der Waals surface area contributed by atoms with Crippen LogP contribution in [0.2, 0.25) is 0 Å². The van der Waals surface area contributed by atoms with Crippen molar-refractivity contribution < 1.29 is 13.6 Å². The van der Waals surface area contributed by atoms with E-state index in [-0.39, 0.29) is 18.4 Å². The Morgan fingerprint density at radius 2 is 1.97 bits per heavy atom. The van der Waals surface area contributed by atoms with Crippen molar-refractivity contribution in [1.82, 2.24) is 10.3 Å². The molecule has 1 amide bonds. The normalized spacial score (nSPS) is 15.9. The number of hydrogen-bond acceptors (Lipinski definition) is 4. The number of benzene rings is 2. The van der Waals surface area contributed by atoms with E-state index in [1.54, 1.807) is 12.3 Å². The minimum absolute atomic E-state index is 0.0153. The zero-order valence-corrected chi connectivity index (χ0v) is 18.6. The van der Waals surface area contributed by atoms with Crippen LogP contribution < -0.4 is 10.9 Å². The number of carbonyl (C=O) groups is 1. The van der Waals surface area contributed by atoms with Crippen LogP contribution in [-0.4, -0.2) is 10.9 Å². The Kier molecular flexibility index (Phi) is 4.43. The Balaban J connectivity index is 1.32. The molecule has 0 saturated carbocycles. The zero-order chi connectivity index (χ0) is 22.7. The van der Waals surface area contributed by atoms with Crippen LogP contribution in [-0.2, 0) is 17.6 Å². The van der Waals surface area contributed by atoms with E-state index < -0.39 is 5.63 Å². The summed E-state index contributed by atoms with van der Waals surface area (Å²) in [4.78, 5) is 29.3. The summed E-state index contributed by atoms with van der Waals surface area (Å²) in [6.45, 7) is 3.85. The highest BCUT2D eigenvalue weighted by molar-refractivity contribution is 5.96. The molecule has 6 rings (SSSR count). The Bertz CT molecular complexity index is 1620. The van der Waals surface area contributed by atoms with Crippen LogP contribution in [0.3, 0.4) is 0 Å². The number of amides is 1. The predicted molar refractivity (Wildman–Crippen MR) is 128 cm³/mol. The monoisotopic (exact) mass is 440 g/mol. The van der Waals surface area contributed by atoms with Crippen LogP contribution >= 0.6 is 0 Å². The smallest absolute Gasteiger partial charge is 0.340 e. The molecule has 0 radical (unpaired) electrons. The molecule has 2 N–H and O–H groups in total. The summed E-state index contributed by atoms with van der Waals surface area (Å²) >= 11 is 0. The van der Waals surface area contributed by atoms with Gasteiger partial charge in [-0.05, 0) is 61.9 Å². The minimum Gasteiger partial charge on any atom is -0.464 e. The number of carbonyl (C=O) groups excluding carboxylic acids is 1. The summed E-state index contributed by atoms with van der Waals surface area (Å²) in [5, 5.41) is 6.18. The fourth-order valence-electron chi connectivity index (χ4n) is 5.21. The molecule has 166 valence electrons. The van der Waals surface area contributed by atoms with Crippen LogP contribution in [0.5, 0.6) is 0 Å². The average molecular weight is 440 g/mol. The van der Waals surface area contributed by atoms with Gasteiger partial charge in [0.05, 0.1) is 24.3 Å². The lowest BCUT2D eigenvalue weighted by atomic mass is 9.91. The van der Waals surface area contributed by atoms with Crippen molar-refractivity contribution in [1.29, 1.82) is 0 Å². The highest BCUT2D eigenvalue weighted by Gasteiger charge is 2.26. The standard InChI is InChI=1S/C27H24N2O4/c1-14-13-32-23-12-24-19(10-18(14)23)15(2)20(27(31)33-24)11-25(30)28-22-9-5-7-17-16-6-3-4-8-21(16)29-26(17)22/h3-4,6,8,10,12-13,22,29H,5,7,9,11H2,1-2H3,(H,28,30)/t22-/m0/s1. The first kappa shape index (κ1) is 19.9. The van der Waals surface area contributed by atoms with E-state index in [4.69, 9.17) is 8.83 Å². The topological polar surface area (TPSA) is 88.2 Å². The van der Waals surface area contributed by atoms with E-state index in [9.17, 15) is 9.59 Å². The quantitative estimate of drug-likeness (QED) is 0.369. The lowest BCUT2D eigenvalue weighted by Gasteiger charge is -2.24. The van der Waals surface area contributed by atoms with Crippen LogP contribution in [0.4, 0.5) is 0 Å². The van der Waals surface area contributed by atoms with Gasteiger partial charge in [0.15, 0.2) is 0 Å². The number of fused-ring (bicyclic) bond motifs is 5. The van der Waals surface area contributed by atoms with Crippen LogP contribution in [0.1, 0.15) is 46.8 Å². The van der Waals surface area contributed by atoms with Gasteiger partial charge in [-0.3, -0.25) is 4.79 Å². The molecule has 3 aromatic heterocycles. The fourth-order valence-corrected chi connectivity index (χ4v) is 5.21. The number of H-pyrrole nitrogens is 1. The van der Waals surface area contributed by atoms with Gasteiger partial charge in [-0.15, -0.1) is 0 Å². The Labute approximate surface area is 189 Å². The number of hydrogen-bond donors (Lipinski definition) is 2. The number of aryl methyl sites for hydroxylation is 3. The molecule has 6 nitrogen and oxygen atoms in total. The third-order valence-corrected chi connectivity index (χ3v) is 6.96. The molecular formula is C27H24N2O4. The molecule has 0 saturated heterocycles. The molecule has 0 bridgehead atoms. The molecule has 3 heterocycles. The van der Waals surface area contributed by atoms with Gasteiger partial charge in [0.1, 0.15) is 11.2 Å². The molecule has 5 aromatic rings. The van der Waals surface area contributed by atoms with Crippen molar-refractivity contribution in [3.05, 3.63) is 81.0 Å². The molecule has 0 fully saturated rings. The van der Waals surface area contributed by atoms with Crippen molar-refractivity contribution in [2.45, 2.75) is 45.6 Å². The number of aromatic amines is 1. The van der Waals surface area contributed by atoms with Gasteiger partial charge in [-0.1, -0.05) is 18.2 Å². The number of para-hydroxylation sites is 1. The molecule has 33 heavy (non-hydrogen) atoms. The summed E-state index contributed by atoms with van der Waals surface area (Å²) in [6.07, 6.45) is 4.55. The largest absolute Gasteiger partial charge is 0.464 e. The zero-order valence-electron chi connectivity index (χ0n) is 18.6. The maximum absolute atomic E-state index is 13.1. The minimum atomic E-state index is -0.479. The van der Waals surface area contributed by atoms with E-state index in [0.29, 0.717) is 16.7 Å². The number of rotatable bonds is 3. The highest BCUT2D eigenvalue weighted by atomic mass is 16.4. The molecule has 1 aliphatic carbocycles. The summed E-state index contributed by atoms with van der Waals surface area (Å²) in [6, 6.07) is 11.9. The van der Waals surface area contributed by atoms with Crippen LogP contribution in [0.25, 0.3) is 32.8 Å². The van der Waals surface area contributed by atoms with Gasteiger partial charge in [0.2, 0.25) is 5.91 Å². The number of furan rings is 1. The van der Waals surface area contributed by atoms with Crippen molar-refractivity contribution in [3.8, 4) is 0 Å². The maximum Gasteiger partial charge on any atom is 0.340 e. The van der Waals surface area contributed by atoms with Gasteiger partial charge in [-0.2, -0.15) is 0 Å². The molecule has 1 aliphatic rings. The van der Waals surface area contributed by atoms with Gasteiger partial charge in [-0.25, -0.2) is 4.79 Å². The molecular weight excluding hydrogens is 416 g/mol. The summed E-state index contributed by atoms with van der Waals surface area (Å²) in [7, 11) is 0. The van der Waals surface area contributed by atoms with Gasteiger partial charge in [0, 0.05) is 33.4 Å². The number of nitrogens with one attached hydrogen (secondary N) is 2. The predicted octanol–water partition coefficient (Wildman–Crippen LogP) is 5.37. The van der Waals surface area contributed by atoms with Gasteiger partial charge < -0.3 is 19.1 Å². The fraction of sp³-hybridized carbons (Fsp3) is 0.259. The second kappa shape index (κ2) is 7.37. The van der Waals surface area contributed by atoms with E-state index in [2.05, 4.69) is 22.4 Å². The van der Waals surface area contributed by atoms with Crippen molar-refractivity contribution in [2.75, 3.05) is 0 Å². The molecule has 1 atom stereocenters. The third-order valence-electron chi connectivity index (χ3n) is 6.96. The van der Waals surface area contributed by atoms with E-state index in [0.717, 1.165) is 52.4 Å². The maximum atomic E-state index is 13.1. The van der Waals surface area contributed by atoms with E-state index in [1.165, 1.54) is 10.9 Å². The van der Waals surface area contributed by atoms with Crippen LogP contribution in [0, 0.1) is 13.8 Å². The van der Waals surface area contributed by atoms with Crippen molar-refractivity contribution in [2.24, 2.45) is 0 Å². The second-order valence-corrected chi connectivity index (χ2v) is 9.01. The first-order valence-corrected chi connectivity index (χ1v) is 11.3. The Morgan fingerprint density at radius 1 is 1.12 bits per heavy atom. The first-order valence-electron chi connectivity index (χ1n) is 11.3. The molecule has 0 spiro atoms. The van der Waals surface area contributed by atoms with E-state index in [1.807, 2.05) is 32.0 Å². The lowest BCUT2D eigenvalue weighted by Crippen LogP contribution is -2.33. The third kappa shape index (κ3) is 3.17. The average Bonchev–Trinajstić information content (AvgIpc) is 3.36. The Morgan fingerprint density at radius 3 is 2.85 bits per heavy atom. The molecule has 0 unspecified atom stereocenters. The van der Waals surface area contributed by atoms with Crippen LogP contribution in [0.15, 0.2) is 56.3 Å². The second-order valence-electron chi connectivity index (χ2n) is 9.01.